The van der Waals surface area contributed by atoms with Crippen molar-refractivity contribution in [1.29, 1.82) is 0 Å². The molecule has 0 aliphatic carbocycles. The van der Waals surface area contributed by atoms with Gasteiger partial charge in [-0.05, 0) is 43.3 Å². The number of hydrogen-bond donors (Lipinski definition) is 1. The van der Waals surface area contributed by atoms with Gasteiger partial charge in [-0.25, -0.2) is 12.8 Å². The van der Waals surface area contributed by atoms with Gasteiger partial charge < -0.3 is 9.80 Å². The fraction of sp³-hybridized carbons (Fsp3) is 0.316. The summed E-state index contributed by atoms with van der Waals surface area (Å²) in [5.41, 5.74) is 0.904. The van der Waals surface area contributed by atoms with Crippen LogP contribution in [-0.4, -0.2) is 51.4 Å². The molecule has 1 saturated heterocycles. The van der Waals surface area contributed by atoms with E-state index in [4.69, 9.17) is 0 Å². The van der Waals surface area contributed by atoms with Crippen LogP contribution in [0.4, 0.5) is 10.1 Å². The first kappa shape index (κ1) is 19.3. The van der Waals surface area contributed by atoms with Crippen LogP contribution < -0.4 is 9.62 Å². The van der Waals surface area contributed by atoms with Crippen LogP contribution in [0.15, 0.2) is 59.5 Å². The van der Waals surface area contributed by atoms with Crippen LogP contribution in [0.3, 0.4) is 0 Å². The Balaban J connectivity index is 1.58. The highest BCUT2D eigenvalue weighted by Gasteiger charge is 2.28. The van der Waals surface area contributed by atoms with Crippen molar-refractivity contribution >= 4 is 21.6 Å². The lowest BCUT2D eigenvalue weighted by Gasteiger charge is -2.37. The molecule has 1 amide bonds. The lowest BCUT2D eigenvalue weighted by molar-refractivity contribution is -0.132. The summed E-state index contributed by atoms with van der Waals surface area (Å²) in [4.78, 5) is 16.5. The molecule has 1 aliphatic heterocycles. The number of nitrogens with zero attached hydrogens (tertiary/aromatic N) is 2. The number of amides is 1. The third kappa shape index (κ3) is 4.64. The van der Waals surface area contributed by atoms with E-state index < -0.39 is 16.1 Å². The van der Waals surface area contributed by atoms with Crippen molar-refractivity contribution in [3.05, 3.63) is 60.4 Å². The Morgan fingerprint density at radius 1 is 1.00 bits per heavy atom. The zero-order valence-electron chi connectivity index (χ0n) is 15.0. The molecule has 0 radical (unpaired) electrons. The Morgan fingerprint density at radius 2 is 1.59 bits per heavy atom. The predicted molar refractivity (Wildman–Crippen MR) is 101 cm³/mol. The molecule has 144 valence electrons. The molecule has 8 heteroatoms. The highest BCUT2D eigenvalue weighted by atomic mass is 32.2. The highest BCUT2D eigenvalue weighted by molar-refractivity contribution is 7.89. The zero-order chi connectivity index (χ0) is 19.4. The molecule has 0 saturated carbocycles. The minimum absolute atomic E-state index is 0.130. The molecule has 27 heavy (non-hydrogen) atoms. The normalized spacial score (nSPS) is 16.2. The van der Waals surface area contributed by atoms with E-state index in [1.807, 2.05) is 0 Å². The SMILES string of the molecule is C[C@H](NS(=O)(=O)c1ccccc1)C(=O)N1CCN(c2ccc(F)cc2)CC1. The Hall–Kier alpha value is -2.45. The number of nitrogens with one attached hydrogen (secondary N) is 1. The van der Waals surface area contributed by atoms with Crippen molar-refractivity contribution in [2.45, 2.75) is 17.9 Å². The molecule has 1 N–H and O–H groups in total. The van der Waals surface area contributed by atoms with Crippen molar-refractivity contribution in [1.82, 2.24) is 9.62 Å². The van der Waals surface area contributed by atoms with Crippen LogP contribution in [0.5, 0.6) is 0 Å². The van der Waals surface area contributed by atoms with Gasteiger partial charge in [-0.3, -0.25) is 4.79 Å². The Bertz CT molecular complexity index is 880. The van der Waals surface area contributed by atoms with Crippen molar-refractivity contribution in [2.75, 3.05) is 31.1 Å². The third-order valence-electron chi connectivity index (χ3n) is 4.54. The van der Waals surface area contributed by atoms with Gasteiger partial charge in [0.05, 0.1) is 10.9 Å². The number of carbonyl (C=O) groups is 1. The maximum absolute atomic E-state index is 13.0. The molecule has 1 heterocycles. The molecule has 0 spiro atoms. The molecule has 2 aromatic carbocycles. The molecule has 0 aromatic heterocycles. The van der Waals surface area contributed by atoms with Crippen molar-refractivity contribution in [3.63, 3.8) is 0 Å². The summed E-state index contributed by atoms with van der Waals surface area (Å²) in [5, 5.41) is 0. The summed E-state index contributed by atoms with van der Waals surface area (Å²) in [6, 6.07) is 13.4. The molecule has 6 nitrogen and oxygen atoms in total. The average molecular weight is 391 g/mol. The molecule has 1 fully saturated rings. The Labute approximate surface area is 158 Å². The van der Waals surface area contributed by atoms with Crippen LogP contribution in [-0.2, 0) is 14.8 Å². The second-order valence-corrected chi connectivity index (χ2v) is 8.16. The molecule has 2 aromatic rings. The third-order valence-corrected chi connectivity index (χ3v) is 6.10. The van der Waals surface area contributed by atoms with Crippen LogP contribution >= 0.6 is 0 Å². The van der Waals surface area contributed by atoms with Gasteiger partial charge in [-0.1, -0.05) is 18.2 Å². The first-order valence-electron chi connectivity index (χ1n) is 8.73. The van der Waals surface area contributed by atoms with Gasteiger partial charge in [0.25, 0.3) is 0 Å². The van der Waals surface area contributed by atoms with Crippen LogP contribution in [0.25, 0.3) is 0 Å². The van der Waals surface area contributed by atoms with Gasteiger partial charge in [-0.2, -0.15) is 4.72 Å². The number of rotatable bonds is 5. The Morgan fingerprint density at radius 3 is 2.19 bits per heavy atom. The summed E-state index contributed by atoms with van der Waals surface area (Å²) in [5.74, 6) is -0.541. The molecule has 1 aliphatic rings. The summed E-state index contributed by atoms with van der Waals surface area (Å²) < 4.78 is 40.2. The second kappa shape index (κ2) is 8.06. The number of carbonyl (C=O) groups excluding carboxylic acids is 1. The lowest BCUT2D eigenvalue weighted by Crippen LogP contribution is -2.54. The molecule has 1 atom stereocenters. The van der Waals surface area contributed by atoms with E-state index >= 15 is 0 Å². The first-order valence-corrected chi connectivity index (χ1v) is 10.2. The molecule has 0 bridgehead atoms. The fourth-order valence-electron chi connectivity index (χ4n) is 3.06. The average Bonchev–Trinajstić information content (AvgIpc) is 2.68. The molecule has 0 unspecified atom stereocenters. The van der Waals surface area contributed by atoms with E-state index in [-0.39, 0.29) is 16.6 Å². The van der Waals surface area contributed by atoms with Gasteiger partial charge in [0.15, 0.2) is 0 Å². The quantitative estimate of drug-likeness (QED) is 0.845. The minimum Gasteiger partial charge on any atom is -0.368 e. The first-order chi connectivity index (χ1) is 12.9. The topological polar surface area (TPSA) is 69.7 Å². The van der Waals surface area contributed by atoms with Crippen molar-refractivity contribution in [3.8, 4) is 0 Å². The van der Waals surface area contributed by atoms with Gasteiger partial charge in [0.2, 0.25) is 15.9 Å². The van der Waals surface area contributed by atoms with E-state index in [0.29, 0.717) is 26.2 Å². The van der Waals surface area contributed by atoms with Gasteiger partial charge >= 0.3 is 0 Å². The maximum atomic E-state index is 13.0. The minimum atomic E-state index is -3.74. The van der Waals surface area contributed by atoms with Gasteiger partial charge in [0, 0.05) is 31.9 Å². The molecule has 3 rings (SSSR count). The van der Waals surface area contributed by atoms with Gasteiger partial charge in [-0.15, -0.1) is 0 Å². The van der Waals surface area contributed by atoms with Crippen LogP contribution in [0.1, 0.15) is 6.92 Å². The lowest BCUT2D eigenvalue weighted by atomic mass is 10.2. The summed E-state index contributed by atoms with van der Waals surface area (Å²) in [6.07, 6.45) is 0. The number of sulfonamides is 1. The summed E-state index contributed by atoms with van der Waals surface area (Å²) >= 11 is 0. The van der Waals surface area contributed by atoms with Gasteiger partial charge in [0.1, 0.15) is 5.82 Å². The number of halogens is 1. The predicted octanol–water partition coefficient (Wildman–Crippen LogP) is 1.84. The van der Waals surface area contributed by atoms with Crippen LogP contribution in [0.2, 0.25) is 0 Å². The summed E-state index contributed by atoms with van der Waals surface area (Å²) in [7, 11) is -3.74. The number of piperazine rings is 1. The molecular formula is C19H22FN3O3S. The smallest absolute Gasteiger partial charge is 0.241 e. The van der Waals surface area contributed by atoms with E-state index in [9.17, 15) is 17.6 Å². The fourth-order valence-corrected chi connectivity index (χ4v) is 4.28. The van der Waals surface area contributed by atoms with Crippen LogP contribution in [0, 0.1) is 5.82 Å². The largest absolute Gasteiger partial charge is 0.368 e. The van der Waals surface area contributed by atoms with E-state index in [1.54, 1.807) is 42.2 Å². The number of hydrogen-bond acceptors (Lipinski definition) is 4. The van der Waals surface area contributed by atoms with E-state index in [0.717, 1.165) is 5.69 Å². The second-order valence-electron chi connectivity index (χ2n) is 6.44. The zero-order valence-corrected chi connectivity index (χ0v) is 15.8. The number of anilines is 1. The van der Waals surface area contributed by atoms with Crippen molar-refractivity contribution in [2.24, 2.45) is 0 Å². The van der Waals surface area contributed by atoms with Crippen molar-refractivity contribution < 1.29 is 17.6 Å². The van der Waals surface area contributed by atoms with E-state index in [1.165, 1.54) is 24.3 Å². The van der Waals surface area contributed by atoms with E-state index in [2.05, 4.69) is 9.62 Å². The molecular weight excluding hydrogens is 369 g/mol. The summed E-state index contributed by atoms with van der Waals surface area (Å²) in [6.45, 7) is 3.72. The highest BCUT2D eigenvalue weighted by Crippen LogP contribution is 2.17. The number of benzene rings is 2. The standard InChI is InChI=1S/C19H22FN3O3S/c1-15(21-27(25,26)18-5-3-2-4-6-18)19(24)23-13-11-22(12-14-23)17-9-7-16(20)8-10-17/h2-10,15,21H,11-14H2,1H3/t15-/m0/s1. The maximum Gasteiger partial charge on any atom is 0.241 e. The Kier molecular flexibility index (Phi) is 5.76. The monoisotopic (exact) mass is 391 g/mol.